The second-order valence-electron chi connectivity index (χ2n) is 5.02. The Labute approximate surface area is 178 Å². The van der Waals surface area contributed by atoms with Crippen molar-refractivity contribution in [3.63, 3.8) is 0 Å². The van der Waals surface area contributed by atoms with Crippen LogP contribution in [0.4, 0.5) is 5.69 Å². The molecule has 26 heavy (non-hydrogen) atoms. The number of anilines is 1. The maximum atomic E-state index is 11.9. The zero-order valence-corrected chi connectivity index (χ0v) is 18.0. The molecule has 0 aromatic carbocycles. The Bertz CT molecular complexity index is 714. The number of nitrogens with zero attached hydrogens (tertiary/aromatic N) is 2. The molecule has 1 amide bonds. The van der Waals surface area contributed by atoms with E-state index >= 15 is 0 Å². The molecule has 0 aliphatic carbocycles. The maximum absolute atomic E-state index is 11.9. The molecule has 142 valence electrons. The Morgan fingerprint density at radius 1 is 1.38 bits per heavy atom. The number of nitrogens with one attached hydrogen (secondary N) is 3. The fraction of sp³-hybridized carbons (Fsp3) is 0.312. The van der Waals surface area contributed by atoms with Crippen LogP contribution in [-0.2, 0) is 4.79 Å². The normalized spacial score (nSPS) is 12.0. The molecule has 4 N–H and O–H groups in total. The third-order valence-corrected chi connectivity index (χ3v) is 4.39. The van der Waals surface area contributed by atoms with E-state index in [9.17, 15) is 9.90 Å². The number of carbonyl (C=O) groups is 1. The van der Waals surface area contributed by atoms with E-state index in [1.54, 1.807) is 36.7 Å². The molecule has 2 aromatic heterocycles. The minimum absolute atomic E-state index is 0. The van der Waals surface area contributed by atoms with Gasteiger partial charge in [-0.15, -0.1) is 35.3 Å². The molecule has 0 saturated heterocycles. The Balaban J connectivity index is 0.00000338. The summed E-state index contributed by atoms with van der Waals surface area (Å²) in [4.78, 5) is 20.8. The van der Waals surface area contributed by atoms with Crippen molar-refractivity contribution in [2.24, 2.45) is 4.99 Å². The first-order valence-corrected chi connectivity index (χ1v) is 8.93. The molecule has 10 heteroatoms. The molecule has 2 aromatic rings. The number of pyridine rings is 1. The topological polar surface area (TPSA) is 98.6 Å². The summed E-state index contributed by atoms with van der Waals surface area (Å²) in [5.74, 6) is 0.196. The highest BCUT2D eigenvalue weighted by Gasteiger charge is 2.11. The van der Waals surface area contributed by atoms with E-state index < -0.39 is 6.10 Å². The smallest absolute Gasteiger partial charge is 0.246 e. The van der Waals surface area contributed by atoms with Crippen molar-refractivity contribution < 1.29 is 9.90 Å². The van der Waals surface area contributed by atoms with Crippen LogP contribution in [0, 0.1) is 0 Å². The fourth-order valence-corrected chi connectivity index (χ4v) is 2.98. The zero-order chi connectivity index (χ0) is 18.1. The third kappa shape index (κ3) is 7.85. The van der Waals surface area contributed by atoms with E-state index in [2.05, 4.69) is 25.9 Å². The predicted molar refractivity (Wildman–Crippen MR) is 117 cm³/mol. The van der Waals surface area contributed by atoms with Crippen molar-refractivity contribution in [2.45, 2.75) is 13.0 Å². The highest BCUT2D eigenvalue weighted by atomic mass is 127. The van der Waals surface area contributed by atoms with E-state index in [1.165, 1.54) is 11.3 Å². The molecule has 2 rings (SSSR count). The fourth-order valence-electron chi connectivity index (χ4n) is 1.93. The van der Waals surface area contributed by atoms with Crippen LogP contribution < -0.4 is 16.0 Å². The highest BCUT2D eigenvalue weighted by molar-refractivity contribution is 14.0. The minimum Gasteiger partial charge on any atom is -0.386 e. The standard InChI is InChI=1S/C16H20ClN5O2S.HI/c1-2-19-16(20-9-12(23)13-5-6-14(17)25-13)21-10-15(24)22-11-4-3-7-18-8-11;/h3-8,12,23H,2,9-10H2,1H3,(H,22,24)(H2,19,20,21);1H. The number of guanidine groups is 1. The zero-order valence-electron chi connectivity index (χ0n) is 14.1. The van der Waals surface area contributed by atoms with Gasteiger partial charge in [0.15, 0.2) is 5.96 Å². The molecule has 1 atom stereocenters. The summed E-state index contributed by atoms with van der Waals surface area (Å²) in [6.07, 6.45) is 2.49. The molecular weight excluding hydrogens is 489 g/mol. The first-order chi connectivity index (χ1) is 12.1. The highest BCUT2D eigenvalue weighted by Crippen LogP contribution is 2.26. The molecule has 0 spiro atoms. The number of hydrogen-bond acceptors (Lipinski definition) is 5. The van der Waals surface area contributed by atoms with E-state index in [0.29, 0.717) is 22.5 Å². The molecule has 0 radical (unpaired) electrons. The van der Waals surface area contributed by atoms with Crippen LogP contribution in [0.1, 0.15) is 17.9 Å². The molecule has 1 unspecified atom stereocenters. The molecule has 0 bridgehead atoms. The molecule has 0 aliphatic heterocycles. The lowest BCUT2D eigenvalue weighted by molar-refractivity contribution is -0.114. The SMILES string of the molecule is CCNC(=NCC(=O)Nc1cccnc1)NCC(O)c1ccc(Cl)s1.I. The van der Waals surface area contributed by atoms with Crippen LogP contribution in [0.3, 0.4) is 0 Å². The average molecular weight is 510 g/mol. The molecule has 2 heterocycles. The second kappa shape index (κ2) is 12.0. The predicted octanol–water partition coefficient (Wildman–Crippen LogP) is 2.64. The molecule has 0 aliphatic rings. The lowest BCUT2D eigenvalue weighted by atomic mass is 10.3. The van der Waals surface area contributed by atoms with Crippen LogP contribution in [0.5, 0.6) is 0 Å². The number of rotatable bonds is 7. The van der Waals surface area contributed by atoms with Gasteiger partial charge >= 0.3 is 0 Å². The summed E-state index contributed by atoms with van der Waals surface area (Å²) in [5, 5.41) is 18.9. The third-order valence-electron chi connectivity index (χ3n) is 3.06. The second-order valence-corrected chi connectivity index (χ2v) is 6.77. The summed E-state index contributed by atoms with van der Waals surface area (Å²) in [5.41, 5.74) is 0.616. The van der Waals surface area contributed by atoms with E-state index in [0.717, 1.165) is 4.88 Å². The summed E-state index contributed by atoms with van der Waals surface area (Å²) in [7, 11) is 0. The van der Waals surface area contributed by atoms with E-state index in [-0.39, 0.29) is 43.0 Å². The van der Waals surface area contributed by atoms with Crippen molar-refractivity contribution in [2.75, 3.05) is 25.0 Å². The number of amides is 1. The van der Waals surface area contributed by atoms with Gasteiger partial charge in [-0.1, -0.05) is 11.6 Å². The number of halogens is 2. The number of hydrogen-bond donors (Lipinski definition) is 4. The summed E-state index contributed by atoms with van der Waals surface area (Å²) >= 11 is 7.20. The Morgan fingerprint density at radius 3 is 2.81 bits per heavy atom. The van der Waals surface area contributed by atoms with Gasteiger partial charge in [0.1, 0.15) is 12.6 Å². The molecule has 0 fully saturated rings. The maximum Gasteiger partial charge on any atom is 0.246 e. The van der Waals surface area contributed by atoms with Crippen molar-refractivity contribution in [1.82, 2.24) is 15.6 Å². The van der Waals surface area contributed by atoms with Gasteiger partial charge < -0.3 is 21.1 Å². The first kappa shape index (κ1) is 22.6. The van der Waals surface area contributed by atoms with Crippen molar-refractivity contribution >= 4 is 64.5 Å². The Hall–Kier alpha value is -1.43. The number of thiophene rings is 1. The number of carbonyl (C=O) groups excluding carboxylic acids is 1. The van der Waals surface area contributed by atoms with Gasteiger partial charge in [0.2, 0.25) is 5.91 Å². The first-order valence-electron chi connectivity index (χ1n) is 7.74. The van der Waals surface area contributed by atoms with Gasteiger partial charge in [-0.2, -0.15) is 0 Å². The number of aliphatic hydroxyl groups excluding tert-OH is 1. The van der Waals surface area contributed by atoms with Gasteiger partial charge in [-0.3, -0.25) is 9.78 Å². The van der Waals surface area contributed by atoms with Crippen molar-refractivity contribution in [3.05, 3.63) is 45.9 Å². The monoisotopic (exact) mass is 509 g/mol. The van der Waals surface area contributed by atoms with Gasteiger partial charge in [0.25, 0.3) is 0 Å². The molecule has 7 nitrogen and oxygen atoms in total. The van der Waals surface area contributed by atoms with Gasteiger partial charge in [0.05, 0.1) is 16.2 Å². The lowest BCUT2D eigenvalue weighted by Gasteiger charge is -2.14. The number of aromatic nitrogens is 1. The Kier molecular flexibility index (Phi) is 10.5. The van der Waals surface area contributed by atoms with Crippen LogP contribution >= 0.6 is 46.9 Å². The van der Waals surface area contributed by atoms with E-state index in [4.69, 9.17) is 11.6 Å². The number of aliphatic hydroxyl groups is 1. The number of aliphatic imine (C=N–C) groups is 1. The van der Waals surface area contributed by atoms with Gasteiger partial charge in [-0.05, 0) is 31.2 Å². The molecule has 0 saturated carbocycles. The van der Waals surface area contributed by atoms with Crippen LogP contribution in [0.2, 0.25) is 4.34 Å². The van der Waals surface area contributed by atoms with Crippen molar-refractivity contribution in [1.29, 1.82) is 0 Å². The average Bonchev–Trinajstić information content (AvgIpc) is 3.04. The summed E-state index contributed by atoms with van der Waals surface area (Å²) in [6, 6.07) is 7.01. The largest absolute Gasteiger partial charge is 0.386 e. The quantitative estimate of drug-likeness (QED) is 0.261. The lowest BCUT2D eigenvalue weighted by Crippen LogP contribution is -2.40. The summed E-state index contributed by atoms with van der Waals surface area (Å²) < 4.78 is 0.627. The van der Waals surface area contributed by atoms with Gasteiger partial charge in [0, 0.05) is 24.2 Å². The molecular formula is C16H21ClIN5O2S. The van der Waals surface area contributed by atoms with Crippen LogP contribution in [0.15, 0.2) is 41.7 Å². The van der Waals surface area contributed by atoms with E-state index in [1.807, 2.05) is 6.92 Å². The van der Waals surface area contributed by atoms with Crippen LogP contribution in [-0.4, -0.2) is 41.6 Å². The minimum atomic E-state index is -0.703. The van der Waals surface area contributed by atoms with Crippen molar-refractivity contribution in [3.8, 4) is 0 Å². The van der Waals surface area contributed by atoms with Crippen LogP contribution in [0.25, 0.3) is 0 Å². The summed E-state index contributed by atoms with van der Waals surface area (Å²) in [6.45, 7) is 2.76. The van der Waals surface area contributed by atoms with Gasteiger partial charge in [-0.25, -0.2) is 4.99 Å². The Morgan fingerprint density at radius 2 is 2.19 bits per heavy atom.